The van der Waals surface area contributed by atoms with Gasteiger partial charge in [0.25, 0.3) is 5.91 Å². The number of methoxy groups -OCH3 is 1. The van der Waals surface area contributed by atoms with Crippen molar-refractivity contribution in [2.75, 3.05) is 13.7 Å². The van der Waals surface area contributed by atoms with E-state index in [2.05, 4.69) is 15.0 Å². The van der Waals surface area contributed by atoms with Gasteiger partial charge in [-0.15, -0.1) is 0 Å². The minimum Gasteiger partial charge on any atom is -0.495 e. The topological polar surface area (TPSA) is 194 Å². The van der Waals surface area contributed by atoms with Crippen LogP contribution in [0.25, 0.3) is 22.3 Å². The molecule has 3 fully saturated rings. The van der Waals surface area contributed by atoms with Crippen molar-refractivity contribution < 1.29 is 42.2 Å². The number of aliphatic carboxylic acids is 1. The molecule has 0 unspecified atom stereocenters. The van der Waals surface area contributed by atoms with E-state index in [1.165, 1.54) is 12.0 Å². The molecule has 7 rings (SSSR count). The average Bonchev–Trinajstić information content (AvgIpc) is 4.07. The molecule has 14 nitrogen and oxygen atoms in total. The number of carboxylic acid groups (broad SMARTS) is 1. The summed E-state index contributed by atoms with van der Waals surface area (Å²) in [7, 11) is -2.42. The van der Waals surface area contributed by atoms with E-state index in [1.807, 2.05) is 18.2 Å². The third-order valence-electron chi connectivity index (χ3n) is 10.7. The number of rotatable bonds is 9. The fraction of sp³-hybridized carbons (Fsp3) is 0.474. The second-order valence-electron chi connectivity index (χ2n) is 14.5. The zero-order valence-electron chi connectivity index (χ0n) is 29.7. The summed E-state index contributed by atoms with van der Waals surface area (Å²) in [5, 5.41) is 12.8. The molecule has 4 aliphatic rings. The monoisotopic (exact) mass is 779 g/mol. The van der Waals surface area contributed by atoms with Crippen molar-refractivity contribution in [3.63, 3.8) is 0 Å². The van der Waals surface area contributed by atoms with E-state index in [1.54, 1.807) is 36.5 Å². The predicted molar refractivity (Wildman–Crippen MR) is 198 cm³/mol. The van der Waals surface area contributed by atoms with Crippen molar-refractivity contribution in [2.45, 2.75) is 87.1 Å². The van der Waals surface area contributed by atoms with E-state index in [0.29, 0.717) is 65.9 Å². The van der Waals surface area contributed by atoms with Gasteiger partial charge >= 0.3 is 5.97 Å². The Morgan fingerprint density at radius 2 is 1.91 bits per heavy atom. The Morgan fingerprint density at radius 3 is 2.63 bits per heavy atom. The molecular weight excluding hydrogens is 738 g/mol. The number of nitrogens with zero attached hydrogens (tertiary/aromatic N) is 3. The van der Waals surface area contributed by atoms with Gasteiger partial charge in [-0.2, -0.15) is 0 Å². The van der Waals surface area contributed by atoms with E-state index in [4.69, 9.17) is 26.1 Å². The molecule has 2 aliphatic carbocycles. The number of nitrogens with one attached hydrogen (secondary N) is 2. The standard InChI is InChI=1S/C38H42ClN5O9S/c1-52-30-15-14-26-31(19-28(41-34(26)33(30)39)27-11-7-8-16-40-27)53-24-18-29-35(47)42-38(37(49)43-54(50,51)25-12-13-25)20-23(38)10-6-4-2-3-5-9-22(17-32(45)46)36(48)44(29)21-24/h6-8,10-11,14-16,19,22-25,29H,2-5,9,12-13,17-18,20-21H2,1H3,(H,42,47)(H,43,49)(H,45,46)/b10-6-/t22-,23-,24-,29+,38-/m1/s1. The summed E-state index contributed by atoms with van der Waals surface area (Å²) in [6.45, 7) is -0.0573. The van der Waals surface area contributed by atoms with Crippen molar-refractivity contribution in [3.05, 3.63) is 59.8 Å². The number of sulfonamides is 1. The Hall–Kier alpha value is -4.76. The van der Waals surface area contributed by atoms with Crippen molar-refractivity contribution in [2.24, 2.45) is 11.8 Å². The van der Waals surface area contributed by atoms with Gasteiger partial charge in [-0.1, -0.05) is 42.7 Å². The average molecular weight is 780 g/mol. The van der Waals surface area contributed by atoms with Crippen LogP contribution in [0.3, 0.4) is 0 Å². The first kappa shape index (κ1) is 37.6. The van der Waals surface area contributed by atoms with Crippen LogP contribution in [0.5, 0.6) is 11.5 Å². The number of carbonyl (C=O) groups is 4. The van der Waals surface area contributed by atoms with Gasteiger partial charge in [-0.3, -0.25) is 28.9 Å². The molecule has 0 radical (unpaired) electrons. The molecule has 5 atom stereocenters. The van der Waals surface area contributed by atoms with Crippen LogP contribution < -0.4 is 19.5 Å². The Balaban J connectivity index is 1.24. The largest absolute Gasteiger partial charge is 0.495 e. The SMILES string of the molecule is COc1ccc2c(O[C@@H]3C[C@H]4C(=O)N[C@]5(C(=O)NS(=O)(=O)C6CC6)C[C@H]5/C=C\CCCCC[C@H](CC(=O)O)C(=O)N4C3)cc(-c3ccccn3)nc2c1Cl. The van der Waals surface area contributed by atoms with Crippen molar-refractivity contribution in [3.8, 4) is 22.9 Å². The lowest BCUT2D eigenvalue weighted by Gasteiger charge is -2.29. The zero-order valence-corrected chi connectivity index (χ0v) is 31.3. The summed E-state index contributed by atoms with van der Waals surface area (Å²) in [6.07, 6.45) is 8.46. The van der Waals surface area contributed by atoms with Gasteiger partial charge in [0.05, 0.1) is 42.2 Å². The van der Waals surface area contributed by atoms with Gasteiger partial charge in [-0.25, -0.2) is 13.4 Å². The summed E-state index contributed by atoms with van der Waals surface area (Å²) in [4.78, 5) is 64.8. The molecule has 0 spiro atoms. The minimum atomic E-state index is -3.91. The number of ether oxygens (including phenoxy) is 2. The van der Waals surface area contributed by atoms with Crippen LogP contribution in [0, 0.1) is 11.8 Å². The smallest absolute Gasteiger partial charge is 0.304 e. The Morgan fingerprint density at radius 1 is 1.09 bits per heavy atom. The highest BCUT2D eigenvalue weighted by molar-refractivity contribution is 7.91. The Labute approximate surface area is 317 Å². The molecule has 2 saturated carbocycles. The van der Waals surface area contributed by atoms with E-state index in [-0.39, 0.29) is 24.4 Å². The summed E-state index contributed by atoms with van der Waals surface area (Å²) >= 11 is 6.74. The number of hydrogen-bond donors (Lipinski definition) is 3. The molecule has 3 N–H and O–H groups in total. The maximum absolute atomic E-state index is 14.4. The summed E-state index contributed by atoms with van der Waals surface area (Å²) in [6, 6.07) is 9.36. The van der Waals surface area contributed by atoms with E-state index in [0.717, 1.165) is 12.8 Å². The van der Waals surface area contributed by atoms with Crippen LogP contribution in [0.1, 0.15) is 64.2 Å². The lowest BCUT2D eigenvalue weighted by molar-refractivity contribution is -0.147. The highest BCUT2D eigenvalue weighted by Crippen LogP contribution is 2.46. The summed E-state index contributed by atoms with van der Waals surface area (Å²) < 4.78 is 39.9. The van der Waals surface area contributed by atoms with Gasteiger partial charge in [0, 0.05) is 35.9 Å². The minimum absolute atomic E-state index is 0.00255. The third kappa shape index (κ3) is 7.74. The predicted octanol–water partition coefficient (Wildman–Crippen LogP) is 4.40. The fourth-order valence-electron chi connectivity index (χ4n) is 7.48. The molecule has 54 heavy (non-hydrogen) atoms. The quantitative estimate of drug-likeness (QED) is 0.261. The number of fused-ring (bicyclic) bond motifs is 3. The van der Waals surface area contributed by atoms with Gasteiger partial charge < -0.3 is 24.8 Å². The number of pyridine rings is 2. The second-order valence-corrected chi connectivity index (χ2v) is 16.8. The number of halogens is 1. The third-order valence-corrected chi connectivity index (χ3v) is 12.8. The molecule has 2 aliphatic heterocycles. The molecule has 1 aromatic carbocycles. The van der Waals surface area contributed by atoms with Crippen LogP contribution in [0.4, 0.5) is 0 Å². The molecule has 3 amide bonds. The highest BCUT2D eigenvalue weighted by Gasteiger charge is 2.62. The highest BCUT2D eigenvalue weighted by atomic mass is 35.5. The molecular formula is C38H42ClN5O9S. The summed E-state index contributed by atoms with van der Waals surface area (Å²) in [5.41, 5.74) is -0.135. The second kappa shape index (κ2) is 15.2. The van der Waals surface area contributed by atoms with E-state index in [9.17, 15) is 32.7 Å². The lowest BCUT2D eigenvalue weighted by Crippen LogP contribution is -2.57. The summed E-state index contributed by atoms with van der Waals surface area (Å²) in [5.74, 6) is -3.68. The van der Waals surface area contributed by atoms with E-state index >= 15 is 0 Å². The Kier molecular flexibility index (Phi) is 10.5. The van der Waals surface area contributed by atoms with Gasteiger partial charge in [0.15, 0.2) is 0 Å². The molecule has 1 saturated heterocycles. The molecule has 0 bridgehead atoms. The normalized spacial score (nSPS) is 26.7. The number of amides is 3. The molecule has 286 valence electrons. The van der Waals surface area contributed by atoms with Crippen LogP contribution in [0.15, 0.2) is 54.7 Å². The number of benzene rings is 1. The van der Waals surface area contributed by atoms with Crippen molar-refractivity contribution in [1.82, 2.24) is 24.9 Å². The number of carboxylic acids is 1. The Bertz CT molecular complexity index is 2110. The van der Waals surface area contributed by atoms with Crippen LogP contribution in [0.2, 0.25) is 5.02 Å². The number of hydrogen-bond acceptors (Lipinski definition) is 10. The number of carbonyl (C=O) groups excluding carboxylic acids is 3. The van der Waals surface area contributed by atoms with Crippen molar-refractivity contribution in [1.29, 1.82) is 0 Å². The molecule has 2 aromatic heterocycles. The number of allylic oxidation sites excluding steroid dienone is 1. The van der Waals surface area contributed by atoms with E-state index < -0.39 is 74.9 Å². The van der Waals surface area contributed by atoms with Crippen LogP contribution in [-0.2, 0) is 29.2 Å². The van der Waals surface area contributed by atoms with Gasteiger partial charge in [-0.05, 0) is 62.8 Å². The maximum atomic E-state index is 14.4. The van der Waals surface area contributed by atoms with Crippen LogP contribution in [-0.4, -0.2) is 88.7 Å². The van der Waals surface area contributed by atoms with Gasteiger partial charge in [0.2, 0.25) is 21.8 Å². The van der Waals surface area contributed by atoms with Crippen molar-refractivity contribution >= 4 is 56.2 Å². The van der Waals surface area contributed by atoms with Gasteiger partial charge in [0.1, 0.15) is 34.2 Å². The first-order valence-corrected chi connectivity index (χ1v) is 20.1. The fourth-order valence-corrected chi connectivity index (χ4v) is 9.13. The molecule has 16 heteroatoms. The lowest BCUT2D eigenvalue weighted by atomic mass is 9.95. The first-order valence-electron chi connectivity index (χ1n) is 18.2. The molecule has 4 heterocycles. The van der Waals surface area contributed by atoms with Crippen LogP contribution >= 0.6 is 11.6 Å². The number of aromatic nitrogens is 2. The zero-order chi connectivity index (χ0) is 38.2. The first-order chi connectivity index (χ1) is 25.9. The molecule has 3 aromatic rings. The maximum Gasteiger partial charge on any atom is 0.304 e.